The second-order valence-electron chi connectivity index (χ2n) is 10.8. The first-order valence-electron chi connectivity index (χ1n) is 13.4. The number of carbonyl (C=O) groups excluding carboxylic acids is 1. The Morgan fingerprint density at radius 3 is 2.30 bits per heavy atom. The molecule has 2 heterocycles. The largest absolute Gasteiger partial charge is 0.493 e. The summed E-state index contributed by atoms with van der Waals surface area (Å²) in [5, 5.41) is 6.04. The van der Waals surface area contributed by atoms with Crippen LogP contribution in [-0.4, -0.2) is 34.8 Å². The number of aromatic nitrogens is 3. The molecule has 11 heteroatoms. The highest BCUT2D eigenvalue weighted by Gasteiger charge is 2.26. The molecule has 0 aliphatic carbocycles. The van der Waals surface area contributed by atoms with Crippen molar-refractivity contribution in [2.45, 2.75) is 26.2 Å². The zero-order valence-corrected chi connectivity index (χ0v) is 24.6. The van der Waals surface area contributed by atoms with Gasteiger partial charge in [0.15, 0.2) is 23.1 Å². The van der Waals surface area contributed by atoms with Gasteiger partial charge in [-0.15, -0.1) is 0 Å². The summed E-state index contributed by atoms with van der Waals surface area (Å²) in [6.45, 7) is 5.97. The molecule has 9 nitrogen and oxygen atoms in total. The first kappa shape index (κ1) is 29.3. The number of rotatable bonds is 7. The van der Waals surface area contributed by atoms with Gasteiger partial charge < -0.3 is 24.1 Å². The molecule has 5 rings (SSSR count). The predicted octanol–water partition coefficient (Wildman–Crippen LogP) is 7.66. The lowest BCUT2D eigenvalue weighted by molar-refractivity contribution is 0.262. The van der Waals surface area contributed by atoms with Crippen LogP contribution in [0, 0.1) is 11.6 Å². The lowest BCUT2D eigenvalue weighted by Crippen LogP contribution is -2.23. The zero-order valence-electron chi connectivity index (χ0n) is 24.6. The molecule has 2 amide bonds. The summed E-state index contributed by atoms with van der Waals surface area (Å²) >= 11 is 0. The molecule has 0 fully saturated rings. The van der Waals surface area contributed by atoms with Gasteiger partial charge in [0, 0.05) is 47.4 Å². The van der Waals surface area contributed by atoms with E-state index in [1.165, 1.54) is 38.5 Å². The van der Waals surface area contributed by atoms with Crippen LogP contribution in [0.3, 0.4) is 0 Å². The van der Waals surface area contributed by atoms with Crippen LogP contribution >= 0.6 is 0 Å². The highest BCUT2D eigenvalue weighted by atomic mass is 19.1. The summed E-state index contributed by atoms with van der Waals surface area (Å²) in [7, 11) is 4.81. The van der Waals surface area contributed by atoms with Gasteiger partial charge in [0.2, 0.25) is 0 Å². The van der Waals surface area contributed by atoms with Crippen molar-refractivity contribution in [1.82, 2.24) is 14.5 Å². The number of hydrogen-bond donors (Lipinski definition) is 2. The second kappa shape index (κ2) is 11.6. The molecule has 0 aliphatic rings. The SMILES string of the molecule is COc1cc2nccc(Oc3ccc(NC(=O)Nc4c(-c5cccc(F)c5)nc(C(C)(C)C)n4C)cc3F)c2cc1OC. The molecule has 5 aromatic rings. The van der Waals surface area contributed by atoms with Crippen molar-refractivity contribution in [2.75, 3.05) is 24.9 Å². The quantitative estimate of drug-likeness (QED) is 0.203. The number of pyridine rings is 1. The zero-order chi connectivity index (χ0) is 30.9. The third kappa shape index (κ3) is 6.06. The minimum atomic E-state index is -0.695. The van der Waals surface area contributed by atoms with Gasteiger partial charge in [-0.05, 0) is 36.4 Å². The predicted molar refractivity (Wildman–Crippen MR) is 161 cm³/mol. The minimum absolute atomic E-state index is 0.0527. The average Bonchev–Trinajstić information content (AvgIpc) is 3.29. The van der Waals surface area contributed by atoms with Gasteiger partial charge in [-0.25, -0.2) is 18.6 Å². The molecule has 0 saturated heterocycles. The molecular weight excluding hydrogens is 556 g/mol. The number of carbonyl (C=O) groups is 1. The van der Waals surface area contributed by atoms with Crippen LogP contribution in [0.2, 0.25) is 0 Å². The molecule has 222 valence electrons. The minimum Gasteiger partial charge on any atom is -0.493 e. The van der Waals surface area contributed by atoms with Crippen LogP contribution in [0.15, 0.2) is 66.9 Å². The number of nitrogens with one attached hydrogen (secondary N) is 2. The van der Waals surface area contributed by atoms with Gasteiger partial charge in [0.1, 0.15) is 28.9 Å². The molecule has 0 aliphatic heterocycles. The summed E-state index contributed by atoms with van der Waals surface area (Å²) < 4.78 is 47.6. The molecule has 3 aromatic carbocycles. The highest BCUT2D eigenvalue weighted by Crippen LogP contribution is 2.38. The summed E-state index contributed by atoms with van der Waals surface area (Å²) in [6.07, 6.45) is 1.54. The average molecular weight is 588 g/mol. The molecule has 2 aromatic heterocycles. The number of amides is 2. The number of benzene rings is 3. The summed E-state index contributed by atoms with van der Waals surface area (Å²) in [5.74, 6) is 1.22. The van der Waals surface area contributed by atoms with Crippen molar-refractivity contribution in [3.8, 4) is 34.3 Å². The Morgan fingerprint density at radius 2 is 1.63 bits per heavy atom. The normalized spacial score (nSPS) is 11.3. The second-order valence-corrected chi connectivity index (χ2v) is 10.8. The number of urea groups is 1. The number of methoxy groups -OCH3 is 2. The van der Waals surface area contributed by atoms with Crippen LogP contribution in [0.25, 0.3) is 22.2 Å². The van der Waals surface area contributed by atoms with Gasteiger partial charge in [0.25, 0.3) is 0 Å². The smallest absolute Gasteiger partial charge is 0.324 e. The van der Waals surface area contributed by atoms with E-state index in [2.05, 4.69) is 15.6 Å². The van der Waals surface area contributed by atoms with Gasteiger partial charge in [-0.2, -0.15) is 0 Å². The van der Waals surface area contributed by atoms with Gasteiger partial charge in [0.05, 0.1) is 19.7 Å². The molecule has 43 heavy (non-hydrogen) atoms. The van der Waals surface area contributed by atoms with Crippen LogP contribution in [0.5, 0.6) is 23.0 Å². The Labute approximate surface area is 247 Å². The number of nitrogens with zero attached hydrogens (tertiary/aromatic N) is 3. The molecule has 0 atom stereocenters. The van der Waals surface area contributed by atoms with Crippen LogP contribution in [-0.2, 0) is 12.5 Å². The van der Waals surface area contributed by atoms with Gasteiger partial charge >= 0.3 is 6.03 Å². The maximum atomic E-state index is 15.2. The van der Waals surface area contributed by atoms with Crippen LogP contribution in [0.4, 0.5) is 25.1 Å². The number of anilines is 2. The molecular formula is C32H31F2N5O4. The molecule has 0 saturated carbocycles. The van der Waals surface area contributed by atoms with Gasteiger partial charge in [-0.3, -0.25) is 10.3 Å². The van der Waals surface area contributed by atoms with Crippen molar-refractivity contribution in [3.63, 3.8) is 0 Å². The number of imidazole rings is 1. The third-order valence-corrected chi connectivity index (χ3v) is 6.71. The molecule has 0 spiro atoms. The van der Waals surface area contributed by atoms with E-state index in [1.807, 2.05) is 20.8 Å². The fraction of sp³-hybridized carbons (Fsp3) is 0.219. The van der Waals surface area contributed by atoms with Crippen LogP contribution < -0.4 is 24.8 Å². The van der Waals surface area contributed by atoms with E-state index in [0.29, 0.717) is 51.1 Å². The van der Waals surface area contributed by atoms with Crippen LogP contribution in [0.1, 0.15) is 26.6 Å². The standard InChI is InChI=1S/C32H31F2N5O4/c1-32(2,3)30-37-28(18-8-7-9-19(33)14-18)29(39(30)4)38-31(40)36-20-10-11-25(22(34)15-20)43-24-12-13-35-23-17-27(42-6)26(41-5)16-21(23)24/h7-17H,1-6H3,(H2,36,38,40). The van der Waals surface area contributed by atoms with E-state index in [0.717, 1.165) is 6.07 Å². The maximum absolute atomic E-state index is 15.2. The fourth-order valence-corrected chi connectivity index (χ4v) is 4.74. The number of fused-ring (bicyclic) bond motifs is 1. The summed E-state index contributed by atoms with van der Waals surface area (Å²) in [6, 6.07) is 14.5. The van der Waals surface area contributed by atoms with Gasteiger partial charge in [-0.1, -0.05) is 32.9 Å². The molecule has 2 N–H and O–H groups in total. The van der Waals surface area contributed by atoms with Crippen molar-refractivity contribution in [3.05, 3.63) is 84.3 Å². The summed E-state index contributed by atoms with van der Waals surface area (Å²) in [4.78, 5) is 22.1. The molecule has 0 unspecified atom stereocenters. The van der Waals surface area contributed by atoms with E-state index in [4.69, 9.17) is 19.2 Å². The maximum Gasteiger partial charge on any atom is 0.324 e. The number of ether oxygens (including phenoxy) is 3. The summed E-state index contributed by atoms with van der Waals surface area (Å²) in [5.41, 5.74) is 1.33. The Hall–Kier alpha value is -5.19. The van der Waals surface area contributed by atoms with E-state index < -0.39 is 17.7 Å². The van der Waals surface area contributed by atoms with Crippen molar-refractivity contribution < 1.29 is 27.8 Å². The lowest BCUT2D eigenvalue weighted by atomic mass is 9.96. The Balaban J connectivity index is 1.38. The van der Waals surface area contributed by atoms with E-state index in [9.17, 15) is 9.18 Å². The Kier molecular flexibility index (Phi) is 7.90. The van der Waals surface area contributed by atoms with Crippen molar-refractivity contribution in [1.29, 1.82) is 0 Å². The topological polar surface area (TPSA) is 99.5 Å². The molecule has 0 bridgehead atoms. The third-order valence-electron chi connectivity index (χ3n) is 6.71. The highest BCUT2D eigenvalue weighted by molar-refractivity contribution is 6.01. The van der Waals surface area contributed by atoms with E-state index in [1.54, 1.807) is 48.1 Å². The Bertz CT molecular complexity index is 1830. The monoisotopic (exact) mass is 587 g/mol. The fourth-order valence-electron chi connectivity index (χ4n) is 4.74. The number of hydrogen-bond acceptors (Lipinski definition) is 6. The lowest BCUT2D eigenvalue weighted by Gasteiger charge is -2.18. The number of halogens is 2. The van der Waals surface area contributed by atoms with E-state index in [-0.39, 0.29) is 16.9 Å². The Morgan fingerprint density at radius 1 is 0.884 bits per heavy atom. The first-order chi connectivity index (χ1) is 20.5. The molecule has 0 radical (unpaired) electrons. The van der Waals surface area contributed by atoms with Crippen molar-refractivity contribution >= 4 is 28.4 Å². The van der Waals surface area contributed by atoms with E-state index >= 15 is 4.39 Å². The first-order valence-corrected chi connectivity index (χ1v) is 13.4. The van der Waals surface area contributed by atoms with Crippen molar-refractivity contribution in [2.24, 2.45) is 7.05 Å².